The first-order valence-electron chi connectivity index (χ1n) is 6.18. The van der Waals surface area contributed by atoms with Gasteiger partial charge < -0.3 is 9.47 Å². The van der Waals surface area contributed by atoms with Crippen LogP contribution in [0.15, 0.2) is 18.3 Å². The molecule has 96 valence electrons. The molecule has 1 aliphatic heterocycles. The lowest BCUT2D eigenvalue weighted by Crippen LogP contribution is -2.42. The number of hydrogen-bond donors (Lipinski definition) is 0. The van der Waals surface area contributed by atoms with Crippen LogP contribution in [0.25, 0.3) is 0 Å². The second-order valence-corrected chi connectivity index (χ2v) is 5.03. The number of rotatable bonds is 2. The third-order valence-corrected chi connectivity index (χ3v) is 3.97. The van der Waals surface area contributed by atoms with Crippen molar-refractivity contribution in [3.63, 3.8) is 0 Å². The second kappa shape index (κ2) is 3.83. The van der Waals surface area contributed by atoms with Crippen LogP contribution in [-0.4, -0.2) is 32.9 Å². The summed E-state index contributed by atoms with van der Waals surface area (Å²) >= 11 is 0. The minimum atomic E-state index is -0.654. The zero-order valence-corrected chi connectivity index (χ0v) is 10.2. The highest BCUT2D eigenvalue weighted by Gasteiger charge is 2.55. The van der Waals surface area contributed by atoms with E-state index in [-0.39, 0.29) is 16.9 Å². The molecule has 0 N–H and O–H groups in total. The maximum Gasteiger partial charge on any atom is 0.233 e. The van der Waals surface area contributed by atoms with Gasteiger partial charge in [0.25, 0.3) is 0 Å². The van der Waals surface area contributed by atoms with Gasteiger partial charge in [0.1, 0.15) is 5.92 Å². The van der Waals surface area contributed by atoms with Gasteiger partial charge in [-0.15, -0.1) is 0 Å². The lowest BCUT2D eigenvalue weighted by molar-refractivity contribution is -0.497. The van der Waals surface area contributed by atoms with Gasteiger partial charge in [-0.1, -0.05) is 0 Å². The number of nitro groups is 1. The first-order chi connectivity index (χ1) is 8.59. The Morgan fingerprint density at radius 2 is 2.28 bits per heavy atom. The Hall–Kier alpha value is -1.85. The number of amides is 1. The summed E-state index contributed by atoms with van der Waals surface area (Å²) in [4.78, 5) is 24.3. The summed E-state index contributed by atoms with van der Waals surface area (Å²) in [6, 6.07) is 3.33. The molecule has 0 radical (unpaired) electrons. The van der Waals surface area contributed by atoms with Gasteiger partial charge in [-0.2, -0.15) is 0 Å². The highest BCUT2D eigenvalue weighted by atomic mass is 16.6. The van der Waals surface area contributed by atoms with Crippen LogP contribution in [-0.2, 0) is 11.3 Å². The minimum Gasteiger partial charge on any atom is -0.348 e. The van der Waals surface area contributed by atoms with Gasteiger partial charge in [0.05, 0.1) is 6.04 Å². The van der Waals surface area contributed by atoms with Crippen molar-refractivity contribution in [1.82, 2.24) is 9.47 Å². The van der Waals surface area contributed by atoms with Crippen LogP contribution in [0.3, 0.4) is 0 Å². The Labute approximate surface area is 104 Å². The predicted molar refractivity (Wildman–Crippen MR) is 63.4 cm³/mol. The molecule has 1 fully saturated rings. The Kier molecular flexibility index (Phi) is 2.39. The summed E-state index contributed by atoms with van der Waals surface area (Å²) in [5, 5.41) is 10.6. The second-order valence-electron chi connectivity index (χ2n) is 5.03. The summed E-state index contributed by atoms with van der Waals surface area (Å²) in [6.45, 7) is 3.39. The van der Waals surface area contributed by atoms with Crippen LogP contribution >= 0.6 is 0 Å². The fourth-order valence-electron chi connectivity index (χ4n) is 2.77. The summed E-state index contributed by atoms with van der Waals surface area (Å²) in [6.07, 6.45) is 2.40. The molecule has 6 nitrogen and oxygen atoms in total. The maximum absolute atomic E-state index is 12.2. The number of aromatic nitrogens is 1. The lowest BCUT2D eigenvalue weighted by atomic mass is 10.1. The average molecular weight is 249 g/mol. The molecule has 0 saturated heterocycles. The van der Waals surface area contributed by atoms with E-state index < -0.39 is 12.0 Å². The van der Waals surface area contributed by atoms with E-state index in [0.717, 1.165) is 12.2 Å². The molecule has 3 atom stereocenters. The molecule has 1 aliphatic carbocycles. The molecule has 1 saturated carbocycles. The molecule has 1 amide bonds. The summed E-state index contributed by atoms with van der Waals surface area (Å²) in [7, 11) is 0. The van der Waals surface area contributed by atoms with Gasteiger partial charge in [-0.05, 0) is 19.1 Å². The summed E-state index contributed by atoms with van der Waals surface area (Å²) in [5.74, 6) is -0.458. The van der Waals surface area contributed by atoms with Crippen molar-refractivity contribution in [2.45, 2.75) is 32.0 Å². The van der Waals surface area contributed by atoms with E-state index in [0.29, 0.717) is 13.0 Å². The Morgan fingerprint density at radius 3 is 2.94 bits per heavy atom. The van der Waals surface area contributed by atoms with E-state index in [1.165, 1.54) is 0 Å². The molecule has 2 heterocycles. The van der Waals surface area contributed by atoms with E-state index >= 15 is 0 Å². The predicted octanol–water partition coefficient (Wildman–Crippen LogP) is 1.06. The van der Waals surface area contributed by atoms with Gasteiger partial charge in [-0.3, -0.25) is 14.9 Å². The third-order valence-electron chi connectivity index (χ3n) is 3.97. The van der Waals surface area contributed by atoms with Gasteiger partial charge in [0.2, 0.25) is 11.9 Å². The average Bonchev–Trinajstić information content (AvgIpc) is 3.00. The lowest BCUT2D eigenvalue weighted by Gasteiger charge is -2.34. The van der Waals surface area contributed by atoms with Gasteiger partial charge >= 0.3 is 0 Å². The van der Waals surface area contributed by atoms with E-state index in [4.69, 9.17) is 0 Å². The smallest absolute Gasteiger partial charge is 0.233 e. The van der Waals surface area contributed by atoms with Gasteiger partial charge in [0.15, 0.2) is 0 Å². The molecule has 0 bridgehead atoms. The van der Waals surface area contributed by atoms with Gasteiger partial charge in [-0.25, -0.2) is 0 Å². The van der Waals surface area contributed by atoms with E-state index in [1.54, 1.807) is 4.90 Å². The molecule has 18 heavy (non-hydrogen) atoms. The van der Waals surface area contributed by atoms with E-state index in [9.17, 15) is 14.9 Å². The third kappa shape index (κ3) is 1.60. The molecular formula is C12H15N3O3. The highest BCUT2D eigenvalue weighted by Crippen LogP contribution is 2.37. The molecule has 2 aliphatic rings. The van der Waals surface area contributed by atoms with Crippen molar-refractivity contribution >= 4 is 5.91 Å². The zero-order chi connectivity index (χ0) is 12.9. The molecule has 3 rings (SSSR count). The van der Waals surface area contributed by atoms with Crippen LogP contribution < -0.4 is 0 Å². The van der Waals surface area contributed by atoms with Crippen molar-refractivity contribution in [1.29, 1.82) is 0 Å². The van der Waals surface area contributed by atoms with Crippen molar-refractivity contribution in [3.05, 3.63) is 34.1 Å². The van der Waals surface area contributed by atoms with Crippen LogP contribution in [0.1, 0.15) is 25.1 Å². The number of carbonyl (C=O) groups is 1. The number of carbonyl (C=O) groups excluding carboxylic acids is 1. The van der Waals surface area contributed by atoms with E-state index in [1.807, 2.05) is 25.3 Å². The normalized spacial score (nSPS) is 29.8. The molecule has 6 heteroatoms. The molecule has 0 spiro atoms. The number of nitrogens with zero attached hydrogens (tertiary/aromatic N) is 3. The maximum atomic E-state index is 12.2. The first kappa shape index (κ1) is 11.3. The van der Waals surface area contributed by atoms with Crippen LogP contribution in [0, 0.1) is 16.0 Å². The Morgan fingerprint density at radius 1 is 1.50 bits per heavy atom. The zero-order valence-electron chi connectivity index (χ0n) is 10.2. The fraction of sp³-hybridized carbons (Fsp3) is 0.583. The SMILES string of the molecule is CC1c2cccn2CCN1C(=O)C1CC1[N+](=O)[O-]. The summed E-state index contributed by atoms with van der Waals surface area (Å²) in [5.41, 5.74) is 1.10. The van der Waals surface area contributed by atoms with Crippen molar-refractivity contribution in [3.8, 4) is 0 Å². The van der Waals surface area contributed by atoms with E-state index in [2.05, 4.69) is 4.57 Å². The minimum absolute atomic E-state index is 0.00857. The van der Waals surface area contributed by atoms with Crippen LogP contribution in [0.2, 0.25) is 0 Å². The monoisotopic (exact) mass is 249 g/mol. The Bertz CT molecular complexity index is 510. The molecular weight excluding hydrogens is 234 g/mol. The van der Waals surface area contributed by atoms with Crippen molar-refractivity contribution in [2.75, 3.05) is 6.54 Å². The molecule has 1 aromatic heterocycles. The molecule has 0 aromatic carbocycles. The fourth-order valence-corrected chi connectivity index (χ4v) is 2.77. The first-order valence-corrected chi connectivity index (χ1v) is 6.18. The van der Waals surface area contributed by atoms with Gasteiger partial charge in [0, 0.05) is 36.3 Å². The quantitative estimate of drug-likeness (QED) is 0.581. The molecule has 1 aromatic rings. The largest absolute Gasteiger partial charge is 0.348 e. The van der Waals surface area contributed by atoms with Crippen LogP contribution in [0.5, 0.6) is 0 Å². The Balaban J connectivity index is 1.75. The number of hydrogen-bond acceptors (Lipinski definition) is 3. The van der Waals surface area contributed by atoms with Crippen molar-refractivity contribution < 1.29 is 9.72 Å². The topological polar surface area (TPSA) is 68.4 Å². The van der Waals surface area contributed by atoms with Crippen molar-refractivity contribution in [2.24, 2.45) is 5.92 Å². The highest BCUT2D eigenvalue weighted by molar-refractivity contribution is 5.82. The standard InChI is InChI=1S/C12H15N3O3/c1-8-10-3-2-4-13(10)5-6-14(8)12(16)9-7-11(9)15(17)18/h2-4,8-9,11H,5-7H2,1H3. The number of fused-ring (bicyclic) bond motifs is 1. The van der Waals surface area contributed by atoms with Crippen LogP contribution in [0.4, 0.5) is 0 Å². The summed E-state index contributed by atoms with van der Waals surface area (Å²) < 4.78 is 2.13. The molecule has 3 unspecified atom stereocenters.